The number of nitrogens with zero attached hydrogens (tertiary/aromatic N) is 5. The van der Waals surface area contributed by atoms with Gasteiger partial charge in [0, 0.05) is 29.4 Å². The first kappa shape index (κ1) is 26.1. The third kappa shape index (κ3) is 5.35. The fourth-order valence-electron chi connectivity index (χ4n) is 5.10. The molecule has 9 heteroatoms. The Balaban J connectivity index is 1.39. The second-order valence-electron chi connectivity index (χ2n) is 10.7. The smallest absolute Gasteiger partial charge is 0.229 e. The molecule has 0 aliphatic carbocycles. The summed E-state index contributed by atoms with van der Waals surface area (Å²) < 4.78 is 29.8. The lowest BCUT2D eigenvalue weighted by Gasteiger charge is -2.34. The van der Waals surface area contributed by atoms with Gasteiger partial charge in [-0.3, -0.25) is 4.98 Å². The first-order valence-corrected chi connectivity index (χ1v) is 12.9. The quantitative estimate of drug-likeness (QED) is 0.327. The van der Waals surface area contributed by atoms with Gasteiger partial charge in [0.1, 0.15) is 22.8 Å². The average Bonchev–Trinajstić information content (AvgIpc) is 2.89. The van der Waals surface area contributed by atoms with E-state index in [1.54, 1.807) is 26.0 Å². The number of rotatable bonds is 6. The molecule has 3 aromatic heterocycles. The van der Waals surface area contributed by atoms with Gasteiger partial charge in [0.2, 0.25) is 5.95 Å². The standard InChI is InChI=1S/C29H32F2N6O/c1-17(2)37-11-8-18(9-12-37)19-5-6-25(33-15-19)35-28-34-16-24(31)26(36-28)20-13-21-22(29(3,4)38)7-10-32-27(21)23(30)14-20/h5-7,10,13-18,38H,8-9,11-12H2,1-4H3,(H,33,34,35,36). The van der Waals surface area contributed by atoms with Gasteiger partial charge in [0.25, 0.3) is 0 Å². The van der Waals surface area contributed by atoms with Gasteiger partial charge < -0.3 is 15.3 Å². The van der Waals surface area contributed by atoms with E-state index in [1.807, 2.05) is 12.3 Å². The molecule has 4 heterocycles. The summed E-state index contributed by atoms with van der Waals surface area (Å²) in [5.41, 5.74) is 0.680. The van der Waals surface area contributed by atoms with Crippen molar-refractivity contribution in [2.24, 2.45) is 0 Å². The molecule has 38 heavy (non-hydrogen) atoms. The number of nitrogens with one attached hydrogen (secondary N) is 1. The van der Waals surface area contributed by atoms with E-state index in [2.05, 4.69) is 50.1 Å². The number of halogens is 2. The topological polar surface area (TPSA) is 87.1 Å². The molecule has 0 unspecified atom stereocenters. The van der Waals surface area contributed by atoms with Crippen molar-refractivity contribution in [1.82, 2.24) is 24.8 Å². The summed E-state index contributed by atoms with van der Waals surface area (Å²) in [4.78, 5) is 19.5. The summed E-state index contributed by atoms with van der Waals surface area (Å²) >= 11 is 0. The minimum atomic E-state index is -1.24. The van der Waals surface area contributed by atoms with Gasteiger partial charge in [0.15, 0.2) is 5.82 Å². The Kier molecular flexibility index (Phi) is 7.07. The summed E-state index contributed by atoms with van der Waals surface area (Å²) in [6, 6.07) is 8.89. The highest BCUT2D eigenvalue weighted by atomic mass is 19.1. The Bertz CT molecular complexity index is 1440. The van der Waals surface area contributed by atoms with Crippen LogP contribution in [0.1, 0.15) is 57.6 Å². The summed E-state index contributed by atoms with van der Waals surface area (Å²) in [6.45, 7) is 9.82. The Morgan fingerprint density at radius 3 is 2.42 bits per heavy atom. The third-order valence-electron chi connectivity index (χ3n) is 7.23. The van der Waals surface area contributed by atoms with Crippen molar-refractivity contribution < 1.29 is 13.9 Å². The molecule has 0 spiro atoms. The molecular formula is C29H32F2N6O. The number of anilines is 2. The van der Waals surface area contributed by atoms with Crippen molar-refractivity contribution in [3.63, 3.8) is 0 Å². The van der Waals surface area contributed by atoms with E-state index >= 15 is 0 Å². The molecule has 0 bridgehead atoms. The minimum Gasteiger partial charge on any atom is -0.386 e. The maximum Gasteiger partial charge on any atom is 0.229 e. The van der Waals surface area contributed by atoms with E-state index in [1.165, 1.54) is 17.8 Å². The Morgan fingerprint density at radius 2 is 1.76 bits per heavy atom. The van der Waals surface area contributed by atoms with Crippen molar-refractivity contribution in [3.05, 3.63) is 71.7 Å². The predicted octanol–water partition coefficient (Wildman–Crippen LogP) is 5.92. The summed E-state index contributed by atoms with van der Waals surface area (Å²) in [5.74, 6) is -0.177. The predicted molar refractivity (Wildman–Crippen MR) is 144 cm³/mol. The normalized spacial score (nSPS) is 15.4. The van der Waals surface area contributed by atoms with Crippen LogP contribution in [-0.4, -0.2) is 49.1 Å². The zero-order valence-electron chi connectivity index (χ0n) is 22.0. The van der Waals surface area contributed by atoms with E-state index in [-0.39, 0.29) is 22.7 Å². The molecule has 1 aromatic carbocycles. The van der Waals surface area contributed by atoms with Crippen LogP contribution in [0.4, 0.5) is 20.5 Å². The van der Waals surface area contributed by atoms with Gasteiger partial charge in [0.05, 0.1) is 11.8 Å². The lowest BCUT2D eigenvalue weighted by molar-refractivity contribution is 0.0801. The number of aromatic nitrogens is 4. The number of likely N-dealkylation sites (tertiary alicyclic amines) is 1. The number of fused-ring (bicyclic) bond motifs is 1. The molecule has 198 valence electrons. The first-order valence-electron chi connectivity index (χ1n) is 12.9. The monoisotopic (exact) mass is 518 g/mol. The highest BCUT2D eigenvalue weighted by Gasteiger charge is 2.23. The number of aliphatic hydroxyl groups is 1. The number of hydrogen-bond donors (Lipinski definition) is 2. The van der Waals surface area contributed by atoms with Crippen LogP contribution in [0.15, 0.2) is 48.9 Å². The molecule has 0 saturated carbocycles. The maximum atomic E-state index is 15.0. The van der Waals surface area contributed by atoms with Crippen molar-refractivity contribution >= 4 is 22.7 Å². The van der Waals surface area contributed by atoms with Gasteiger partial charge in [-0.25, -0.2) is 23.7 Å². The fraction of sp³-hybridized carbons (Fsp3) is 0.379. The van der Waals surface area contributed by atoms with Gasteiger partial charge in [-0.1, -0.05) is 6.07 Å². The zero-order chi connectivity index (χ0) is 27.0. The molecule has 0 amide bonds. The first-order chi connectivity index (χ1) is 18.1. The number of benzene rings is 1. The summed E-state index contributed by atoms with van der Waals surface area (Å²) in [6.07, 6.45) is 6.56. The number of hydrogen-bond acceptors (Lipinski definition) is 7. The molecule has 1 saturated heterocycles. The van der Waals surface area contributed by atoms with Crippen LogP contribution in [0.25, 0.3) is 22.2 Å². The van der Waals surface area contributed by atoms with Gasteiger partial charge in [-0.05, 0) is 94.9 Å². The van der Waals surface area contributed by atoms with Crippen molar-refractivity contribution in [3.8, 4) is 11.3 Å². The number of pyridine rings is 2. The molecule has 0 atom stereocenters. The molecule has 5 rings (SSSR count). The SMILES string of the molecule is CC(C)N1CCC(c2ccc(Nc3ncc(F)c(-c4cc(F)c5nccc(C(C)(C)O)c5c4)n3)nc2)CC1. The Hall–Kier alpha value is -3.56. The summed E-state index contributed by atoms with van der Waals surface area (Å²) in [5, 5.41) is 14.0. The van der Waals surface area contributed by atoms with Crippen molar-refractivity contribution in [2.45, 2.75) is 58.1 Å². The molecule has 1 aliphatic heterocycles. The van der Waals surface area contributed by atoms with E-state index in [0.29, 0.717) is 28.7 Å². The van der Waals surface area contributed by atoms with Crippen LogP contribution in [-0.2, 0) is 5.60 Å². The molecule has 1 aliphatic rings. The summed E-state index contributed by atoms with van der Waals surface area (Å²) in [7, 11) is 0. The maximum absolute atomic E-state index is 15.0. The van der Waals surface area contributed by atoms with Gasteiger partial charge in [-0.2, -0.15) is 0 Å². The zero-order valence-corrected chi connectivity index (χ0v) is 22.0. The molecule has 1 fully saturated rings. The highest BCUT2D eigenvalue weighted by Crippen LogP contribution is 2.33. The van der Waals surface area contributed by atoms with Crippen molar-refractivity contribution in [2.75, 3.05) is 18.4 Å². The Labute approximate surface area is 221 Å². The lowest BCUT2D eigenvalue weighted by Crippen LogP contribution is -2.37. The van der Waals surface area contributed by atoms with E-state index in [0.717, 1.165) is 32.1 Å². The molecular weight excluding hydrogens is 486 g/mol. The third-order valence-corrected chi connectivity index (χ3v) is 7.23. The van der Waals surface area contributed by atoms with E-state index in [9.17, 15) is 13.9 Å². The van der Waals surface area contributed by atoms with Crippen LogP contribution in [0.5, 0.6) is 0 Å². The minimum absolute atomic E-state index is 0.0672. The molecule has 0 radical (unpaired) electrons. The van der Waals surface area contributed by atoms with Crippen LogP contribution in [0, 0.1) is 11.6 Å². The van der Waals surface area contributed by atoms with E-state index < -0.39 is 17.2 Å². The van der Waals surface area contributed by atoms with Crippen molar-refractivity contribution in [1.29, 1.82) is 0 Å². The van der Waals surface area contributed by atoms with Gasteiger partial charge >= 0.3 is 0 Å². The van der Waals surface area contributed by atoms with Gasteiger partial charge in [-0.15, -0.1) is 0 Å². The lowest BCUT2D eigenvalue weighted by atomic mass is 9.90. The second kappa shape index (κ2) is 10.3. The van der Waals surface area contributed by atoms with Crippen LogP contribution in [0.2, 0.25) is 0 Å². The van der Waals surface area contributed by atoms with Crippen LogP contribution in [0.3, 0.4) is 0 Å². The van der Waals surface area contributed by atoms with Crippen LogP contribution >= 0.6 is 0 Å². The van der Waals surface area contributed by atoms with Crippen LogP contribution < -0.4 is 5.32 Å². The Morgan fingerprint density at radius 1 is 1.00 bits per heavy atom. The largest absolute Gasteiger partial charge is 0.386 e. The van der Waals surface area contributed by atoms with E-state index in [4.69, 9.17) is 0 Å². The second-order valence-corrected chi connectivity index (χ2v) is 10.7. The highest BCUT2D eigenvalue weighted by molar-refractivity contribution is 5.88. The molecule has 4 aromatic rings. The fourth-order valence-corrected chi connectivity index (χ4v) is 5.10. The molecule has 7 nitrogen and oxygen atoms in total. The average molecular weight is 519 g/mol. The number of piperidine rings is 1. The molecule has 2 N–H and O–H groups in total.